The molecule has 0 aromatic heterocycles. The van der Waals surface area contributed by atoms with Crippen molar-refractivity contribution in [1.29, 1.82) is 0 Å². The Morgan fingerprint density at radius 2 is 1.45 bits per heavy atom. The van der Waals surface area contributed by atoms with Gasteiger partial charge in [0.2, 0.25) is 0 Å². The van der Waals surface area contributed by atoms with Gasteiger partial charge < -0.3 is 4.74 Å². The number of esters is 1. The van der Waals surface area contributed by atoms with Gasteiger partial charge in [-0.1, -0.05) is 48.5 Å². The summed E-state index contributed by atoms with van der Waals surface area (Å²) in [4.78, 5) is 48.9. The summed E-state index contributed by atoms with van der Waals surface area (Å²) >= 11 is 0. The molecule has 0 N–H and O–H groups in total. The van der Waals surface area contributed by atoms with Crippen LogP contribution in [0.3, 0.4) is 0 Å². The Bertz CT molecular complexity index is 1200. The van der Waals surface area contributed by atoms with Crippen LogP contribution in [0.1, 0.15) is 47.8 Å². The van der Waals surface area contributed by atoms with Crippen molar-refractivity contribution in [2.45, 2.75) is 6.61 Å². The smallest absolute Gasteiger partial charge is 0.339 e. The lowest BCUT2D eigenvalue weighted by molar-refractivity contribution is -0.385. The number of para-hydroxylation sites is 1. The van der Waals surface area contributed by atoms with Gasteiger partial charge in [-0.25, -0.2) is 4.79 Å². The lowest BCUT2D eigenvalue weighted by atomic mass is 9.82. The van der Waals surface area contributed by atoms with Gasteiger partial charge in [-0.15, -0.1) is 0 Å². The molecule has 0 unspecified atom stereocenters. The molecule has 0 radical (unpaired) electrons. The minimum atomic E-state index is -0.833. The third-order valence-electron chi connectivity index (χ3n) is 4.72. The molecular weight excluding hydrogens is 374 g/mol. The molecule has 0 fully saturated rings. The van der Waals surface area contributed by atoms with Crippen LogP contribution in [0.2, 0.25) is 0 Å². The predicted molar refractivity (Wildman–Crippen MR) is 102 cm³/mol. The van der Waals surface area contributed by atoms with Crippen molar-refractivity contribution in [2.75, 3.05) is 0 Å². The number of nitrogens with zero attached hydrogens (tertiary/aromatic N) is 1. The molecule has 7 nitrogen and oxygen atoms in total. The van der Waals surface area contributed by atoms with Crippen LogP contribution in [0.5, 0.6) is 0 Å². The highest BCUT2D eigenvalue weighted by Gasteiger charge is 2.33. The molecule has 4 rings (SSSR count). The molecule has 0 saturated heterocycles. The Balaban J connectivity index is 1.68. The van der Waals surface area contributed by atoms with E-state index < -0.39 is 16.7 Å². The number of fused-ring (bicyclic) bond motifs is 2. The van der Waals surface area contributed by atoms with Gasteiger partial charge >= 0.3 is 5.97 Å². The zero-order valence-corrected chi connectivity index (χ0v) is 15.0. The van der Waals surface area contributed by atoms with E-state index in [2.05, 4.69) is 0 Å². The molecule has 0 heterocycles. The van der Waals surface area contributed by atoms with E-state index in [4.69, 9.17) is 4.74 Å². The van der Waals surface area contributed by atoms with Gasteiger partial charge in [-0.05, 0) is 12.1 Å². The number of nitro groups is 1. The van der Waals surface area contributed by atoms with E-state index in [1.807, 2.05) is 0 Å². The van der Waals surface area contributed by atoms with Gasteiger partial charge in [0, 0.05) is 28.3 Å². The first-order valence-electron chi connectivity index (χ1n) is 8.70. The van der Waals surface area contributed by atoms with E-state index in [9.17, 15) is 24.5 Å². The summed E-state index contributed by atoms with van der Waals surface area (Å²) in [6.45, 7) is -0.335. The number of hydrogen-bond donors (Lipinski definition) is 0. The van der Waals surface area contributed by atoms with Gasteiger partial charge in [0.05, 0.1) is 16.1 Å². The molecule has 3 aromatic rings. The maximum atomic E-state index is 12.9. The van der Waals surface area contributed by atoms with Crippen LogP contribution in [-0.4, -0.2) is 22.5 Å². The van der Waals surface area contributed by atoms with E-state index in [0.717, 1.165) is 0 Å². The summed E-state index contributed by atoms with van der Waals surface area (Å²) in [6.07, 6.45) is 0. The van der Waals surface area contributed by atoms with Gasteiger partial charge in [-0.3, -0.25) is 19.7 Å². The number of rotatable bonds is 4. The van der Waals surface area contributed by atoms with Crippen molar-refractivity contribution < 1.29 is 24.0 Å². The number of carbonyl (C=O) groups is 3. The Morgan fingerprint density at radius 3 is 2.17 bits per heavy atom. The maximum absolute atomic E-state index is 12.9. The fraction of sp³-hybridized carbons (Fsp3) is 0.0455. The molecule has 1 aliphatic rings. The monoisotopic (exact) mass is 387 g/mol. The van der Waals surface area contributed by atoms with E-state index in [1.165, 1.54) is 42.5 Å². The summed E-state index contributed by atoms with van der Waals surface area (Å²) in [6, 6.07) is 16.7. The van der Waals surface area contributed by atoms with Crippen LogP contribution < -0.4 is 0 Å². The van der Waals surface area contributed by atoms with Crippen molar-refractivity contribution in [1.82, 2.24) is 0 Å². The highest BCUT2D eigenvalue weighted by atomic mass is 16.6. The average molecular weight is 387 g/mol. The minimum Gasteiger partial charge on any atom is -0.457 e. The fourth-order valence-electron chi connectivity index (χ4n) is 3.35. The maximum Gasteiger partial charge on any atom is 0.339 e. The van der Waals surface area contributed by atoms with E-state index in [-0.39, 0.29) is 51.5 Å². The standard InChI is InChI=1S/C22H13NO6/c24-20-14-7-2-3-8-15(14)21(25)19-16(20)9-5-10-17(19)22(26)29-12-13-6-1-4-11-18(13)23(27)28/h1-11H,12H2. The van der Waals surface area contributed by atoms with Gasteiger partial charge in [0.25, 0.3) is 5.69 Å². The summed E-state index contributed by atoms with van der Waals surface area (Å²) in [5.41, 5.74) is 0.643. The molecule has 0 amide bonds. The number of ether oxygens (including phenoxy) is 1. The highest BCUT2D eigenvalue weighted by Crippen LogP contribution is 2.30. The van der Waals surface area contributed by atoms with Crippen LogP contribution in [0.4, 0.5) is 5.69 Å². The minimum absolute atomic E-state index is 0.0104. The van der Waals surface area contributed by atoms with Crippen molar-refractivity contribution >= 4 is 23.2 Å². The van der Waals surface area contributed by atoms with Crippen molar-refractivity contribution in [3.8, 4) is 0 Å². The number of ketones is 2. The Morgan fingerprint density at radius 1 is 0.828 bits per heavy atom. The predicted octanol–water partition coefficient (Wildman–Crippen LogP) is 3.73. The van der Waals surface area contributed by atoms with E-state index in [1.54, 1.807) is 24.3 Å². The summed E-state index contributed by atoms with van der Waals surface area (Å²) in [5, 5.41) is 11.1. The van der Waals surface area contributed by atoms with Crippen LogP contribution in [0, 0.1) is 10.1 Å². The van der Waals surface area contributed by atoms with Gasteiger partial charge in [0.1, 0.15) is 6.61 Å². The summed E-state index contributed by atoms with van der Waals surface area (Å²) in [5.74, 6) is -1.61. The van der Waals surface area contributed by atoms with E-state index >= 15 is 0 Å². The topological polar surface area (TPSA) is 104 Å². The van der Waals surface area contributed by atoms with Gasteiger partial charge in [0.15, 0.2) is 11.6 Å². The molecule has 29 heavy (non-hydrogen) atoms. The second-order valence-electron chi connectivity index (χ2n) is 6.39. The molecule has 3 aromatic carbocycles. The van der Waals surface area contributed by atoms with Crippen LogP contribution in [0.25, 0.3) is 0 Å². The van der Waals surface area contributed by atoms with Crippen LogP contribution in [0.15, 0.2) is 66.7 Å². The van der Waals surface area contributed by atoms with Crippen LogP contribution >= 0.6 is 0 Å². The Kier molecular flexibility index (Phi) is 4.48. The molecule has 7 heteroatoms. The molecule has 142 valence electrons. The SMILES string of the molecule is O=C(OCc1ccccc1[N+](=O)[O-])c1cccc2c1C(=O)c1ccccc1C2=O. The molecule has 1 aliphatic carbocycles. The van der Waals surface area contributed by atoms with E-state index in [0.29, 0.717) is 0 Å². The first kappa shape index (κ1) is 18.2. The average Bonchev–Trinajstić information content (AvgIpc) is 2.75. The third kappa shape index (κ3) is 3.08. The molecule has 0 spiro atoms. The largest absolute Gasteiger partial charge is 0.457 e. The molecular formula is C22H13NO6. The molecule has 0 saturated carbocycles. The van der Waals surface area contributed by atoms with Crippen molar-refractivity contribution in [2.24, 2.45) is 0 Å². The lowest BCUT2D eigenvalue weighted by Crippen LogP contribution is -2.24. The number of hydrogen-bond acceptors (Lipinski definition) is 6. The highest BCUT2D eigenvalue weighted by molar-refractivity contribution is 6.30. The second-order valence-corrected chi connectivity index (χ2v) is 6.39. The second kappa shape index (κ2) is 7.12. The zero-order chi connectivity index (χ0) is 20.5. The zero-order valence-electron chi connectivity index (χ0n) is 15.0. The lowest BCUT2D eigenvalue weighted by Gasteiger charge is -2.19. The molecule has 0 bridgehead atoms. The Labute approximate surface area is 164 Å². The number of carbonyl (C=O) groups excluding carboxylic acids is 3. The van der Waals surface area contributed by atoms with Crippen molar-refractivity contribution in [3.63, 3.8) is 0 Å². The third-order valence-corrected chi connectivity index (χ3v) is 4.72. The summed E-state index contributed by atoms with van der Waals surface area (Å²) < 4.78 is 5.24. The van der Waals surface area contributed by atoms with Crippen LogP contribution in [-0.2, 0) is 11.3 Å². The first-order chi connectivity index (χ1) is 14.0. The summed E-state index contributed by atoms with van der Waals surface area (Å²) in [7, 11) is 0. The number of nitro benzene ring substituents is 1. The quantitative estimate of drug-likeness (QED) is 0.300. The fourth-order valence-corrected chi connectivity index (χ4v) is 3.35. The Hall–Kier alpha value is -4.13. The van der Waals surface area contributed by atoms with Crippen molar-refractivity contribution in [3.05, 3.63) is 110 Å². The number of benzene rings is 3. The van der Waals surface area contributed by atoms with Gasteiger partial charge in [-0.2, -0.15) is 0 Å². The molecule has 0 aliphatic heterocycles. The first-order valence-corrected chi connectivity index (χ1v) is 8.70. The normalized spacial score (nSPS) is 12.1. The molecule has 0 atom stereocenters.